The van der Waals surface area contributed by atoms with Gasteiger partial charge in [0, 0.05) is 6.42 Å². The molecule has 0 spiro atoms. The van der Waals surface area contributed by atoms with E-state index in [2.05, 4.69) is 0 Å². The maximum absolute atomic E-state index is 11.2. The molecule has 0 aliphatic rings. The van der Waals surface area contributed by atoms with Gasteiger partial charge in [-0.15, -0.1) is 0 Å². The molecule has 3 nitrogen and oxygen atoms in total. The fraction of sp³-hybridized carbons (Fsp3) is 0.889. The average molecular weight is 173 g/mol. The van der Waals surface area contributed by atoms with Crippen LogP contribution < -0.4 is 5.73 Å². The molecule has 0 aliphatic carbocycles. The van der Waals surface area contributed by atoms with Crippen LogP contribution in [0.3, 0.4) is 0 Å². The van der Waals surface area contributed by atoms with Crippen molar-refractivity contribution >= 4 is 5.97 Å². The summed E-state index contributed by atoms with van der Waals surface area (Å²) in [4.78, 5) is 11.2. The number of esters is 1. The topological polar surface area (TPSA) is 52.3 Å². The summed E-state index contributed by atoms with van der Waals surface area (Å²) in [7, 11) is 0. The summed E-state index contributed by atoms with van der Waals surface area (Å²) >= 11 is 0. The summed E-state index contributed by atoms with van der Waals surface area (Å²) in [5.74, 6) is 0.0419. The van der Waals surface area contributed by atoms with Gasteiger partial charge in [0.15, 0.2) is 0 Å². The molecule has 12 heavy (non-hydrogen) atoms. The first-order valence-corrected chi connectivity index (χ1v) is 4.27. The largest absolute Gasteiger partial charge is 0.460 e. The van der Waals surface area contributed by atoms with Crippen LogP contribution in [0.2, 0.25) is 0 Å². The van der Waals surface area contributed by atoms with Gasteiger partial charge < -0.3 is 10.5 Å². The molecule has 0 aromatic carbocycles. The third-order valence-electron chi connectivity index (χ3n) is 1.34. The van der Waals surface area contributed by atoms with Crippen LogP contribution in [0.25, 0.3) is 0 Å². The highest BCUT2D eigenvalue weighted by atomic mass is 16.6. The number of rotatable bonds is 3. The first-order chi connectivity index (χ1) is 5.35. The number of carbonyl (C=O) groups excluding carboxylic acids is 1. The molecule has 3 heteroatoms. The average Bonchev–Trinajstić information content (AvgIpc) is 1.82. The molecule has 0 rings (SSSR count). The molecule has 0 saturated heterocycles. The third-order valence-corrected chi connectivity index (χ3v) is 1.34. The van der Waals surface area contributed by atoms with Crippen molar-refractivity contribution in [2.75, 3.05) is 6.54 Å². The van der Waals surface area contributed by atoms with Crippen molar-refractivity contribution < 1.29 is 9.53 Å². The van der Waals surface area contributed by atoms with E-state index >= 15 is 0 Å². The number of carbonyl (C=O) groups is 1. The standard InChI is InChI=1S/C9H19NO2/c1-7(6-10)5-8(11)12-9(2,3)4/h7H,5-6,10H2,1-4H3/t7-/m1/s1. The van der Waals surface area contributed by atoms with Crippen LogP contribution in [0.15, 0.2) is 0 Å². The van der Waals surface area contributed by atoms with Gasteiger partial charge in [0.2, 0.25) is 0 Å². The summed E-state index contributed by atoms with van der Waals surface area (Å²) in [6.45, 7) is 8.04. The first kappa shape index (κ1) is 11.4. The lowest BCUT2D eigenvalue weighted by Crippen LogP contribution is -2.26. The van der Waals surface area contributed by atoms with Crippen LogP contribution in [0.5, 0.6) is 0 Å². The normalized spacial score (nSPS) is 14.1. The van der Waals surface area contributed by atoms with Crippen molar-refractivity contribution in [3.63, 3.8) is 0 Å². The lowest BCUT2D eigenvalue weighted by atomic mass is 10.1. The Morgan fingerprint density at radius 3 is 2.33 bits per heavy atom. The van der Waals surface area contributed by atoms with Gasteiger partial charge >= 0.3 is 5.97 Å². The van der Waals surface area contributed by atoms with E-state index in [1.54, 1.807) is 0 Å². The van der Waals surface area contributed by atoms with Gasteiger partial charge in [0.1, 0.15) is 5.60 Å². The SMILES string of the molecule is C[C@@H](CN)CC(=O)OC(C)(C)C. The predicted octanol–water partition coefficient (Wildman–Crippen LogP) is 1.31. The minimum absolute atomic E-state index is 0.166. The number of hydrogen-bond acceptors (Lipinski definition) is 3. The van der Waals surface area contributed by atoms with Crippen molar-refractivity contribution in [3.8, 4) is 0 Å². The Bertz CT molecular complexity index is 149. The number of hydrogen-bond donors (Lipinski definition) is 1. The fourth-order valence-corrected chi connectivity index (χ4v) is 0.751. The zero-order chi connectivity index (χ0) is 9.78. The molecule has 0 saturated carbocycles. The molecule has 0 aromatic heterocycles. The second kappa shape index (κ2) is 4.45. The molecule has 2 N–H and O–H groups in total. The van der Waals surface area contributed by atoms with Gasteiger partial charge in [-0.1, -0.05) is 6.92 Å². The van der Waals surface area contributed by atoms with Gasteiger partial charge in [-0.25, -0.2) is 0 Å². The smallest absolute Gasteiger partial charge is 0.306 e. The molecule has 72 valence electrons. The Hall–Kier alpha value is -0.570. The van der Waals surface area contributed by atoms with E-state index in [9.17, 15) is 4.79 Å². The van der Waals surface area contributed by atoms with Gasteiger partial charge in [0.25, 0.3) is 0 Å². The van der Waals surface area contributed by atoms with Crippen molar-refractivity contribution in [2.24, 2.45) is 11.7 Å². The Morgan fingerprint density at radius 1 is 1.50 bits per heavy atom. The molecule has 0 bridgehead atoms. The summed E-state index contributed by atoms with van der Waals surface area (Å²) in [5.41, 5.74) is 4.99. The zero-order valence-corrected chi connectivity index (χ0v) is 8.39. The van der Waals surface area contributed by atoms with E-state index < -0.39 is 0 Å². The minimum Gasteiger partial charge on any atom is -0.460 e. The number of nitrogens with two attached hydrogens (primary N) is 1. The van der Waals surface area contributed by atoms with Crippen LogP contribution in [0.4, 0.5) is 0 Å². The molecular weight excluding hydrogens is 154 g/mol. The maximum atomic E-state index is 11.2. The van der Waals surface area contributed by atoms with Crippen molar-refractivity contribution in [3.05, 3.63) is 0 Å². The summed E-state index contributed by atoms with van der Waals surface area (Å²) in [6, 6.07) is 0. The van der Waals surface area contributed by atoms with Crippen LogP contribution in [0.1, 0.15) is 34.1 Å². The Labute approximate surface area is 74.3 Å². The Balaban J connectivity index is 3.75. The molecule has 0 aliphatic heterocycles. The zero-order valence-electron chi connectivity index (χ0n) is 8.39. The number of ether oxygens (including phenoxy) is 1. The van der Waals surface area contributed by atoms with Crippen LogP contribution in [-0.4, -0.2) is 18.1 Å². The van der Waals surface area contributed by atoms with E-state index in [1.165, 1.54) is 0 Å². The van der Waals surface area contributed by atoms with E-state index in [0.29, 0.717) is 13.0 Å². The molecule has 0 unspecified atom stereocenters. The van der Waals surface area contributed by atoms with Crippen LogP contribution in [0, 0.1) is 5.92 Å². The fourth-order valence-electron chi connectivity index (χ4n) is 0.751. The minimum atomic E-state index is -0.384. The summed E-state index contributed by atoms with van der Waals surface area (Å²) in [5, 5.41) is 0. The second-order valence-corrected chi connectivity index (χ2v) is 4.13. The van der Waals surface area contributed by atoms with E-state index in [4.69, 9.17) is 10.5 Å². The van der Waals surface area contributed by atoms with E-state index in [1.807, 2.05) is 27.7 Å². The highest BCUT2D eigenvalue weighted by molar-refractivity contribution is 5.70. The molecule has 0 fully saturated rings. The molecule has 0 heterocycles. The van der Waals surface area contributed by atoms with Gasteiger partial charge in [-0.2, -0.15) is 0 Å². The second-order valence-electron chi connectivity index (χ2n) is 4.13. The molecule has 0 amide bonds. The quantitative estimate of drug-likeness (QED) is 0.655. The van der Waals surface area contributed by atoms with Crippen LogP contribution >= 0.6 is 0 Å². The third kappa shape index (κ3) is 6.16. The monoisotopic (exact) mass is 173 g/mol. The van der Waals surface area contributed by atoms with Crippen molar-refractivity contribution in [2.45, 2.75) is 39.7 Å². The molecule has 0 aromatic rings. The highest BCUT2D eigenvalue weighted by Crippen LogP contribution is 2.10. The summed E-state index contributed by atoms with van der Waals surface area (Å²) in [6.07, 6.45) is 0.410. The lowest BCUT2D eigenvalue weighted by Gasteiger charge is -2.20. The molecular formula is C9H19NO2. The van der Waals surface area contributed by atoms with Crippen LogP contribution in [-0.2, 0) is 9.53 Å². The van der Waals surface area contributed by atoms with Crippen molar-refractivity contribution in [1.29, 1.82) is 0 Å². The Kier molecular flexibility index (Phi) is 4.24. The predicted molar refractivity (Wildman–Crippen MR) is 48.7 cm³/mol. The van der Waals surface area contributed by atoms with E-state index in [0.717, 1.165) is 0 Å². The highest BCUT2D eigenvalue weighted by Gasteiger charge is 2.17. The lowest BCUT2D eigenvalue weighted by molar-refractivity contribution is -0.155. The van der Waals surface area contributed by atoms with Gasteiger partial charge in [0.05, 0.1) is 0 Å². The first-order valence-electron chi connectivity index (χ1n) is 4.27. The summed E-state index contributed by atoms with van der Waals surface area (Å²) < 4.78 is 5.12. The van der Waals surface area contributed by atoms with Crippen molar-refractivity contribution in [1.82, 2.24) is 0 Å². The van der Waals surface area contributed by atoms with Gasteiger partial charge in [-0.3, -0.25) is 4.79 Å². The maximum Gasteiger partial charge on any atom is 0.306 e. The Morgan fingerprint density at radius 2 is 2.00 bits per heavy atom. The van der Waals surface area contributed by atoms with E-state index in [-0.39, 0.29) is 17.5 Å². The van der Waals surface area contributed by atoms with Gasteiger partial charge in [-0.05, 0) is 33.2 Å². The molecule has 0 radical (unpaired) electrons. The molecule has 1 atom stereocenters.